The molecule has 0 unspecified atom stereocenters. The Labute approximate surface area is 212 Å². The number of hydrogen-bond acceptors (Lipinski definition) is 4. The van der Waals surface area contributed by atoms with Crippen LogP contribution in [0.3, 0.4) is 0 Å². The highest BCUT2D eigenvalue weighted by Crippen LogP contribution is 2.12. The molecule has 0 aliphatic rings. The lowest BCUT2D eigenvalue weighted by atomic mass is 10.1. The van der Waals surface area contributed by atoms with E-state index in [-0.39, 0.29) is 12.7 Å². The highest BCUT2D eigenvalue weighted by molar-refractivity contribution is 5.75. The van der Waals surface area contributed by atoms with Crippen LogP contribution in [0.1, 0.15) is 142 Å². The molecule has 204 valence electrons. The predicted octanol–water partition coefficient (Wildman–Crippen LogP) is 7.73. The summed E-state index contributed by atoms with van der Waals surface area (Å²) in [4.78, 5) is 11.1. The SMILES string of the molecule is CCCCCCCCCCCCOCC(COCCCCCCCCCCCC)OCC(N)=O. The van der Waals surface area contributed by atoms with Crippen LogP contribution in [0, 0.1) is 0 Å². The average molecular weight is 486 g/mol. The van der Waals surface area contributed by atoms with Crippen molar-refractivity contribution in [3.8, 4) is 0 Å². The molecule has 0 radical (unpaired) electrons. The van der Waals surface area contributed by atoms with Crippen LogP contribution < -0.4 is 5.73 Å². The van der Waals surface area contributed by atoms with E-state index in [1.165, 1.54) is 116 Å². The van der Waals surface area contributed by atoms with Gasteiger partial charge in [-0.1, -0.05) is 129 Å². The van der Waals surface area contributed by atoms with Crippen LogP contribution in [0.4, 0.5) is 0 Å². The Hall–Kier alpha value is -0.650. The van der Waals surface area contributed by atoms with Crippen molar-refractivity contribution in [3.05, 3.63) is 0 Å². The highest BCUT2D eigenvalue weighted by Gasteiger charge is 2.11. The molecule has 0 aliphatic carbocycles. The molecule has 5 nitrogen and oxygen atoms in total. The second-order valence-corrected chi connectivity index (χ2v) is 9.91. The normalized spacial score (nSPS) is 11.5. The van der Waals surface area contributed by atoms with E-state index in [0.29, 0.717) is 13.2 Å². The van der Waals surface area contributed by atoms with E-state index in [1.807, 2.05) is 0 Å². The van der Waals surface area contributed by atoms with Crippen LogP contribution in [0.2, 0.25) is 0 Å². The molecule has 5 heteroatoms. The largest absolute Gasteiger partial charge is 0.379 e. The Morgan fingerprint density at radius 3 is 1.21 bits per heavy atom. The maximum atomic E-state index is 11.1. The topological polar surface area (TPSA) is 70.8 Å². The molecule has 2 N–H and O–H groups in total. The van der Waals surface area contributed by atoms with Crippen LogP contribution in [0.15, 0.2) is 0 Å². The lowest BCUT2D eigenvalue weighted by Gasteiger charge is -2.17. The quantitative estimate of drug-likeness (QED) is 0.110. The van der Waals surface area contributed by atoms with Gasteiger partial charge < -0.3 is 19.9 Å². The molecule has 1 amide bonds. The first-order chi connectivity index (χ1) is 16.7. The van der Waals surface area contributed by atoms with Crippen molar-refractivity contribution < 1.29 is 19.0 Å². The molecule has 0 heterocycles. The number of unbranched alkanes of at least 4 members (excludes halogenated alkanes) is 18. The minimum atomic E-state index is -0.450. The first-order valence-electron chi connectivity index (χ1n) is 14.8. The Kier molecular flexibility index (Phi) is 28.0. The lowest BCUT2D eigenvalue weighted by molar-refractivity contribution is -0.128. The van der Waals surface area contributed by atoms with E-state index in [9.17, 15) is 4.79 Å². The number of nitrogens with two attached hydrogens (primary N) is 1. The summed E-state index contributed by atoms with van der Waals surface area (Å²) in [5.74, 6) is -0.450. The van der Waals surface area contributed by atoms with Crippen molar-refractivity contribution in [1.29, 1.82) is 0 Å². The van der Waals surface area contributed by atoms with Gasteiger partial charge in [-0.15, -0.1) is 0 Å². The summed E-state index contributed by atoms with van der Waals surface area (Å²) in [6.45, 7) is 6.86. The number of carbonyl (C=O) groups is 1. The molecule has 0 aromatic rings. The van der Waals surface area contributed by atoms with Crippen LogP contribution in [0.5, 0.6) is 0 Å². The van der Waals surface area contributed by atoms with E-state index in [4.69, 9.17) is 19.9 Å². The zero-order valence-corrected chi connectivity index (χ0v) is 23.0. The summed E-state index contributed by atoms with van der Waals surface area (Å²) in [6.07, 6.45) is 26.1. The zero-order chi connectivity index (χ0) is 25.0. The molecular weight excluding hydrogens is 426 g/mol. The highest BCUT2D eigenvalue weighted by atomic mass is 16.6. The van der Waals surface area contributed by atoms with Gasteiger partial charge in [0.25, 0.3) is 0 Å². The fourth-order valence-electron chi connectivity index (χ4n) is 4.16. The minimum absolute atomic E-state index is 0.0755. The Morgan fingerprint density at radius 2 is 0.882 bits per heavy atom. The molecule has 0 saturated heterocycles. The van der Waals surface area contributed by atoms with Crippen LogP contribution in [-0.2, 0) is 19.0 Å². The monoisotopic (exact) mass is 485 g/mol. The number of primary amides is 1. The second-order valence-electron chi connectivity index (χ2n) is 9.91. The van der Waals surface area contributed by atoms with E-state index < -0.39 is 5.91 Å². The van der Waals surface area contributed by atoms with Gasteiger partial charge in [0.2, 0.25) is 5.91 Å². The van der Waals surface area contributed by atoms with Crippen LogP contribution in [0.25, 0.3) is 0 Å². The van der Waals surface area contributed by atoms with Crippen molar-refractivity contribution in [3.63, 3.8) is 0 Å². The third-order valence-corrected chi connectivity index (χ3v) is 6.35. The average Bonchev–Trinajstić information content (AvgIpc) is 2.83. The number of rotatable bonds is 29. The maximum absolute atomic E-state index is 11.1. The molecule has 0 aromatic carbocycles. The van der Waals surface area contributed by atoms with E-state index in [2.05, 4.69) is 13.8 Å². The molecule has 0 atom stereocenters. The van der Waals surface area contributed by atoms with Gasteiger partial charge in [-0.25, -0.2) is 0 Å². The van der Waals surface area contributed by atoms with Crippen LogP contribution >= 0.6 is 0 Å². The fourth-order valence-corrected chi connectivity index (χ4v) is 4.16. The third kappa shape index (κ3) is 27.6. The first-order valence-corrected chi connectivity index (χ1v) is 14.8. The van der Waals surface area contributed by atoms with Crippen molar-refractivity contribution in [2.24, 2.45) is 5.73 Å². The van der Waals surface area contributed by atoms with E-state index >= 15 is 0 Å². The Balaban J connectivity index is 3.61. The van der Waals surface area contributed by atoms with Crippen molar-refractivity contribution in [1.82, 2.24) is 0 Å². The Morgan fingerprint density at radius 1 is 0.559 bits per heavy atom. The molecule has 0 fully saturated rings. The summed E-state index contributed by atoms with van der Waals surface area (Å²) in [7, 11) is 0. The molecule has 0 bridgehead atoms. The second kappa shape index (κ2) is 28.6. The zero-order valence-electron chi connectivity index (χ0n) is 23.0. The summed E-state index contributed by atoms with van der Waals surface area (Å²) in [6, 6.07) is 0. The first kappa shape index (κ1) is 33.4. The molecule has 0 aromatic heterocycles. The van der Waals surface area contributed by atoms with Gasteiger partial charge in [0.05, 0.1) is 13.2 Å². The number of carbonyl (C=O) groups excluding carboxylic acids is 1. The summed E-state index contributed by atoms with van der Waals surface area (Å²) >= 11 is 0. The third-order valence-electron chi connectivity index (χ3n) is 6.35. The summed E-state index contributed by atoms with van der Waals surface area (Å²) < 4.78 is 17.2. The molecule has 0 rings (SSSR count). The summed E-state index contributed by atoms with van der Waals surface area (Å²) in [5, 5.41) is 0. The van der Waals surface area contributed by atoms with Gasteiger partial charge in [-0.3, -0.25) is 4.79 Å². The van der Waals surface area contributed by atoms with Crippen molar-refractivity contribution in [2.75, 3.05) is 33.0 Å². The number of ether oxygens (including phenoxy) is 3. The lowest BCUT2D eigenvalue weighted by Crippen LogP contribution is -2.30. The summed E-state index contributed by atoms with van der Waals surface area (Å²) in [5.41, 5.74) is 5.23. The van der Waals surface area contributed by atoms with Crippen molar-refractivity contribution in [2.45, 2.75) is 148 Å². The van der Waals surface area contributed by atoms with E-state index in [0.717, 1.165) is 26.1 Å². The fraction of sp³-hybridized carbons (Fsp3) is 0.966. The predicted molar refractivity (Wildman–Crippen MR) is 144 cm³/mol. The molecule has 0 saturated carbocycles. The maximum Gasteiger partial charge on any atom is 0.243 e. The van der Waals surface area contributed by atoms with Gasteiger partial charge >= 0.3 is 0 Å². The standard InChI is InChI=1S/C29H59NO4/c1-3-5-7-9-11-13-15-17-19-21-23-32-25-28(34-27-29(30)31)26-33-24-22-20-18-16-14-12-10-8-6-4-2/h28H,3-27H2,1-2H3,(H2,30,31). The van der Waals surface area contributed by atoms with Gasteiger partial charge in [-0.2, -0.15) is 0 Å². The molecule has 34 heavy (non-hydrogen) atoms. The van der Waals surface area contributed by atoms with Gasteiger partial charge in [-0.05, 0) is 12.8 Å². The molecular formula is C29H59NO4. The number of hydrogen-bond donors (Lipinski definition) is 1. The van der Waals surface area contributed by atoms with Gasteiger partial charge in [0, 0.05) is 13.2 Å². The van der Waals surface area contributed by atoms with Crippen LogP contribution in [-0.4, -0.2) is 45.0 Å². The van der Waals surface area contributed by atoms with Gasteiger partial charge in [0.15, 0.2) is 0 Å². The minimum Gasteiger partial charge on any atom is -0.379 e. The molecule has 0 aliphatic heterocycles. The van der Waals surface area contributed by atoms with Crippen molar-refractivity contribution >= 4 is 5.91 Å². The Bertz CT molecular complexity index is 378. The van der Waals surface area contributed by atoms with Gasteiger partial charge in [0.1, 0.15) is 12.7 Å². The smallest absolute Gasteiger partial charge is 0.243 e. The number of amides is 1. The van der Waals surface area contributed by atoms with E-state index in [1.54, 1.807) is 0 Å². The molecule has 0 spiro atoms.